The molecule has 128 valence electrons. The lowest BCUT2D eigenvalue weighted by molar-refractivity contribution is 0.0936. The van der Waals surface area contributed by atoms with E-state index in [0.29, 0.717) is 17.7 Å². The van der Waals surface area contributed by atoms with Gasteiger partial charge in [-0.1, -0.05) is 36.4 Å². The second-order valence-electron chi connectivity index (χ2n) is 5.86. The lowest BCUT2D eigenvalue weighted by atomic mass is 10.0. The molecule has 0 fully saturated rings. The second kappa shape index (κ2) is 7.66. The van der Waals surface area contributed by atoms with E-state index >= 15 is 0 Å². The van der Waals surface area contributed by atoms with Gasteiger partial charge in [0, 0.05) is 24.4 Å². The molecule has 0 aliphatic heterocycles. The molecule has 0 aliphatic carbocycles. The molecule has 5 nitrogen and oxygen atoms in total. The van der Waals surface area contributed by atoms with Crippen molar-refractivity contribution in [3.05, 3.63) is 83.4 Å². The van der Waals surface area contributed by atoms with Crippen LogP contribution >= 0.6 is 0 Å². The van der Waals surface area contributed by atoms with Crippen molar-refractivity contribution < 1.29 is 9.53 Å². The molecule has 0 spiro atoms. The monoisotopic (exact) mass is 335 g/mol. The first kappa shape index (κ1) is 16.8. The van der Waals surface area contributed by atoms with E-state index in [1.165, 1.54) is 0 Å². The van der Waals surface area contributed by atoms with E-state index < -0.39 is 0 Å². The van der Waals surface area contributed by atoms with Crippen LogP contribution in [0.3, 0.4) is 0 Å². The number of nitrogens with one attached hydrogen (secondary N) is 2. The normalized spacial score (nSPS) is 11.8. The SMILES string of the molecule is COc1cc(C(=O)NC(Cc2ncc[nH]2)c2ccccc2)ccc1C. The van der Waals surface area contributed by atoms with Crippen LogP contribution in [-0.2, 0) is 6.42 Å². The molecule has 0 radical (unpaired) electrons. The van der Waals surface area contributed by atoms with E-state index in [1.54, 1.807) is 25.6 Å². The Hall–Kier alpha value is -3.08. The summed E-state index contributed by atoms with van der Waals surface area (Å²) in [7, 11) is 1.60. The van der Waals surface area contributed by atoms with Gasteiger partial charge in [0.2, 0.25) is 0 Å². The van der Waals surface area contributed by atoms with Crippen LogP contribution in [0.15, 0.2) is 60.9 Å². The van der Waals surface area contributed by atoms with Crippen LogP contribution in [-0.4, -0.2) is 23.0 Å². The number of hydrogen-bond donors (Lipinski definition) is 2. The largest absolute Gasteiger partial charge is 0.496 e. The van der Waals surface area contributed by atoms with Crippen LogP contribution in [0, 0.1) is 6.92 Å². The fraction of sp³-hybridized carbons (Fsp3) is 0.200. The average Bonchev–Trinajstić information content (AvgIpc) is 3.15. The molecule has 0 bridgehead atoms. The number of aryl methyl sites for hydroxylation is 1. The molecular weight excluding hydrogens is 314 g/mol. The molecule has 1 heterocycles. The number of aromatic nitrogens is 2. The number of aromatic amines is 1. The van der Waals surface area contributed by atoms with Crippen LogP contribution < -0.4 is 10.1 Å². The highest BCUT2D eigenvalue weighted by Gasteiger charge is 2.18. The highest BCUT2D eigenvalue weighted by atomic mass is 16.5. The maximum atomic E-state index is 12.7. The summed E-state index contributed by atoms with van der Waals surface area (Å²) in [6.45, 7) is 1.95. The molecule has 0 saturated carbocycles. The number of H-pyrrole nitrogens is 1. The van der Waals surface area contributed by atoms with E-state index in [1.807, 2.05) is 49.4 Å². The first-order valence-electron chi connectivity index (χ1n) is 8.16. The van der Waals surface area contributed by atoms with Gasteiger partial charge in [0.05, 0.1) is 13.2 Å². The Kier molecular flexibility index (Phi) is 5.14. The van der Waals surface area contributed by atoms with E-state index in [4.69, 9.17) is 4.74 Å². The fourth-order valence-electron chi connectivity index (χ4n) is 2.74. The molecular formula is C20H21N3O2. The zero-order chi connectivity index (χ0) is 17.6. The summed E-state index contributed by atoms with van der Waals surface area (Å²) in [4.78, 5) is 20.1. The topological polar surface area (TPSA) is 67.0 Å². The molecule has 0 saturated heterocycles. The zero-order valence-corrected chi connectivity index (χ0v) is 14.3. The predicted molar refractivity (Wildman–Crippen MR) is 96.7 cm³/mol. The zero-order valence-electron chi connectivity index (χ0n) is 14.3. The summed E-state index contributed by atoms with van der Waals surface area (Å²) in [5.41, 5.74) is 2.60. The highest BCUT2D eigenvalue weighted by molar-refractivity contribution is 5.95. The summed E-state index contributed by atoms with van der Waals surface area (Å²) < 4.78 is 5.32. The summed E-state index contributed by atoms with van der Waals surface area (Å²) in [6, 6.07) is 15.2. The van der Waals surface area contributed by atoms with Crippen molar-refractivity contribution in [3.63, 3.8) is 0 Å². The number of methoxy groups -OCH3 is 1. The van der Waals surface area contributed by atoms with Crippen LogP contribution in [0.4, 0.5) is 0 Å². The van der Waals surface area contributed by atoms with Gasteiger partial charge in [0.15, 0.2) is 0 Å². The summed E-state index contributed by atoms with van der Waals surface area (Å²) in [6.07, 6.45) is 4.08. The predicted octanol–water partition coefficient (Wildman–Crippen LogP) is 3.44. The number of carbonyl (C=O) groups excluding carboxylic acids is 1. The maximum absolute atomic E-state index is 12.7. The Bertz CT molecular complexity index is 829. The number of benzene rings is 2. The third-order valence-corrected chi connectivity index (χ3v) is 4.13. The number of nitrogens with zero attached hydrogens (tertiary/aromatic N) is 1. The number of rotatable bonds is 6. The van der Waals surface area contributed by atoms with Crippen molar-refractivity contribution in [1.82, 2.24) is 15.3 Å². The fourth-order valence-corrected chi connectivity index (χ4v) is 2.74. The van der Waals surface area contributed by atoms with Gasteiger partial charge in [-0.3, -0.25) is 4.79 Å². The molecule has 1 aromatic heterocycles. The number of amides is 1. The summed E-state index contributed by atoms with van der Waals surface area (Å²) in [5.74, 6) is 1.39. The standard InChI is InChI=1S/C20H21N3O2/c1-14-8-9-16(12-18(14)25-2)20(24)23-17(13-19-21-10-11-22-19)15-6-4-3-5-7-15/h3-12,17H,13H2,1-2H3,(H,21,22)(H,23,24). The highest BCUT2D eigenvalue weighted by Crippen LogP contribution is 2.21. The average molecular weight is 335 g/mol. The number of carbonyl (C=O) groups is 1. The van der Waals surface area contributed by atoms with E-state index in [-0.39, 0.29) is 11.9 Å². The number of ether oxygens (including phenoxy) is 1. The molecule has 1 atom stereocenters. The first-order valence-corrected chi connectivity index (χ1v) is 8.16. The maximum Gasteiger partial charge on any atom is 0.251 e. The molecule has 2 aromatic carbocycles. The van der Waals surface area contributed by atoms with Crippen molar-refractivity contribution in [1.29, 1.82) is 0 Å². The summed E-state index contributed by atoms with van der Waals surface area (Å²) in [5, 5.41) is 3.10. The van der Waals surface area contributed by atoms with Crippen LogP contribution in [0.25, 0.3) is 0 Å². The Morgan fingerprint density at radius 1 is 1.24 bits per heavy atom. The smallest absolute Gasteiger partial charge is 0.251 e. The van der Waals surface area contributed by atoms with Crippen LogP contribution in [0.2, 0.25) is 0 Å². The van der Waals surface area contributed by atoms with Gasteiger partial charge in [-0.2, -0.15) is 0 Å². The van der Waals surface area contributed by atoms with Crippen molar-refractivity contribution >= 4 is 5.91 Å². The Balaban J connectivity index is 1.83. The van der Waals surface area contributed by atoms with Crippen molar-refractivity contribution in [2.45, 2.75) is 19.4 Å². The van der Waals surface area contributed by atoms with Gasteiger partial charge in [0.25, 0.3) is 5.91 Å². The first-order chi connectivity index (χ1) is 12.2. The molecule has 1 amide bonds. The van der Waals surface area contributed by atoms with Crippen molar-refractivity contribution in [2.24, 2.45) is 0 Å². The van der Waals surface area contributed by atoms with Gasteiger partial charge in [0.1, 0.15) is 11.6 Å². The van der Waals surface area contributed by atoms with E-state index in [0.717, 1.165) is 17.0 Å². The molecule has 25 heavy (non-hydrogen) atoms. The van der Waals surface area contributed by atoms with Gasteiger partial charge in [-0.15, -0.1) is 0 Å². The van der Waals surface area contributed by atoms with Gasteiger partial charge in [-0.05, 0) is 30.2 Å². The van der Waals surface area contributed by atoms with Gasteiger partial charge in [-0.25, -0.2) is 4.98 Å². The summed E-state index contributed by atoms with van der Waals surface area (Å²) >= 11 is 0. The quantitative estimate of drug-likeness (QED) is 0.725. The Morgan fingerprint density at radius 3 is 2.72 bits per heavy atom. The molecule has 2 N–H and O–H groups in total. The third kappa shape index (κ3) is 4.07. The molecule has 5 heteroatoms. The molecule has 3 rings (SSSR count). The molecule has 0 aliphatic rings. The Morgan fingerprint density at radius 2 is 2.04 bits per heavy atom. The molecule has 1 unspecified atom stereocenters. The number of hydrogen-bond acceptors (Lipinski definition) is 3. The molecule has 3 aromatic rings. The van der Waals surface area contributed by atoms with E-state index in [9.17, 15) is 4.79 Å². The van der Waals surface area contributed by atoms with Gasteiger partial charge < -0.3 is 15.0 Å². The van der Waals surface area contributed by atoms with Crippen LogP contribution in [0.5, 0.6) is 5.75 Å². The van der Waals surface area contributed by atoms with Crippen LogP contribution in [0.1, 0.15) is 33.4 Å². The van der Waals surface area contributed by atoms with Crippen molar-refractivity contribution in [2.75, 3.05) is 7.11 Å². The second-order valence-corrected chi connectivity index (χ2v) is 5.86. The van der Waals surface area contributed by atoms with E-state index in [2.05, 4.69) is 15.3 Å². The lowest BCUT2D eigenvalue weighted by Crippen LogP contribution is -2.30. The number of imidazole rings is 1. The minimum atomic E-state index is -0.174. The minimum Gasteiger partial charge on any atom is -0.496 e. The Labute approximate surface area is 147 Å². The van der Waals surface area contributed by atoms with Crippen molar-refractivity contribution in [3.8, 4) is 5.75 Å². The third-order valence-electron chi connectivity index (χ3n) is 4.13. The lowest BCUT2D eigenvalue weighted by Gasteiger charge is -2.19. The van der Waals surface area contributed by atoms with Gasteiger partial charge >= 0.3 is 0 Å². The minimum absolute atomic E-state index is 0.140.